The summed E-state index contributed by atoms with van der Waals surface area (Å²) in [4.78, 5) is 0. The Kier molecular flexibility index (Phi) is 6.84. The molecule has 0 aromatic heterocycles. The summed E-state index contributed by atoms with van der Waals surface area (Å²) < 4.78 is 0. The molecule has 0 bridgehead atoms. The minimum absolute atomic E-state index is 0.731. The molecule has 0 aromatic rings. The van der Waals surface area contributed by atoms with Crippen LogP contribution in [-0.2, 0) is 0 Å². The Morgan fingerprint density at radius 1 is 1.42 bits per heavy atom. The fourth-order valence-electron chi connectivity index (χ4n) is 1.17. The monoisotopic (exact) mass is 166 g/mol. The molecule has 0 aliphatic carbocycles. The zero-order chi connectivity index (χ0) is 9.40. The molecule has 0 heterocycles. The second-order valence-electron chi connectivity index (χ2n) is 3.50. The second-order valence-corrected chi connectivity index (χ2v) is 3.50. The van der Waals surface area contributed by atoms with Crippen LogP contribution in [0.15, 0.2) is 24.3 Å². The average molecular weight is 166 g/mol. The van der Waals surface area contributed by atoms with Crippen molar-refractivity contribution < 1.29 is 0 Å². The number of allylic oxidation sites excluding steroid dienone is 3. The normalized spacial score (nSPS) is 14.4. The van der Waals surface area contributed by atoms with Crippen LogP contribution in [-0.4, -0.2) is 0 Å². The Morgan fingerprint density at radius 3 is 2.58 bits per heavy atom. The van der Waals surface area contributed by atoms with E-state index in [2.05, 4.69) is 33.4 Å². The molecule has 0 saturated heterocycles. The standard InChI is InChI=1S/C12H22/c1-5-7-9-11(3)12(4)10-8-6-2/h5,10-11H,1,6-9H2,2-4H3/b12-10-. The van der Waals surface area contributed by atoms with Crippen LogP contribution < -0.4 is 0 Å². The second kappa shape index (κ2) is 7.15. The van der Waals surface area contributed by atoms with Crippen LogP contribution in [0.5, 0.6) is 0 Å². The van der Waals surface area contributed by atoms with Crippen molar-refractivity contribution in [1.29, 1.82) is 0 Å². The summed E-state index contributed by atoms with van der Waals surface area (Å²) >= 11 is 0. The van der Waals surface area contributed by atoms with Crippen molar-refractivity contribution in [3.63, 3.8) is 0 Å². The Hall–Kier alpha value is -0.520. The van der Waals surface area contributed by atoms with Crippen LogP contribution in [0.1, 0.15) is 46.5 Å². The quantitative estimate of drug-likeness (QED) is 0.515. The maximum absolute atomic E-state index is 3.73. The van der Waals surface area contributed by atoms with Crippen LogP contribution in [0.3, 0.4) is 0 Å². The molecule has 0 radical (unpaired) electrons. The highest BCUT2D eigenvalue weighted by atomic mass is 14.1. The van der Waals surface area contributed by atoms with Crippen molar-refractivity contribution in [2.45, 2.75) is 46.5 Å². The number of hydrogen-bond donors (Lipinski definition) is 0. The van der Waals surface area contributed by atoms with Gasteiger partial charge in [0.25, 0.3) is 0 Å². The predicted octanol–water partition coefficient (Wildman–Crippen LogP) is 4.34. The lowest BCUT2D eigenvalue weighted by molar-refractivity contribution is 0.618. The number of hydrogen-bond acceptors (Lipinski definition) is 0. The van der Waals surface area contributed by atoms with E-state index in [4.69, 9.17) is 0 Å². The van der Waals surface area contributed by atoms with Crippen molar-refractivity contribution in [2.24, 2.45) is 5.92 Å². The van der Waals surface area contributed by atoms with E-state index in [1.807, 2.05) is 6.08 Å². The molecule has 0 amide bonds. The Bertz CT molecular complexity index is 142. The lowest BCUT2D eigenvalue weighted by Crippen LogP contribution is -1.95. The topological polar surface area (TPSA) is 0 Å². The first-order chi connectivity index (χ1) is 5.72. The van der Waals surface area contributed by atoms with Gasteiger partial charge in [0, 0.05) is 0 Å². The third-order valence-electron chi connectivity index (χ3n) is 2.34. The highest BCUT2D eigenvalue weighted by Crippen LogP contribution is 2.16. The molecule has 0 N–H and O–H groups in total. The first-order valence-electron chi connectivity index (χ1n) is 4.99. The molecule has 0 rings (SSSR count). The molecule has 0 aromatic carbocycles. The summed E-state index contributed by atoms with van der Waals surface area (Å²) in [5.41, 5.74) is 1.54. The van der Waals surface area contributed by atoms with Crippen molar-refractivity contribution in [3.05, 3.63) is 24.3 Å². The molecule has 0 fully saturated rings. The highest BCUT2D eigenvalue weighted by molar-refractivity contribution is 5.02. The first kappa shape index (κ1) is 11.5. The fraction of sp³-hybridized carbons (Fsp3) is 0.667. The molecule has 0 nitrogen and oxygen atoms in total. The summed E-state index contributed by atoms with van der Waals surface area (Å²) in [5.74, 6) is 0.731. The SMILES string of the molecule is C=CCCC(C)/C(C)=C\CCC. The van der Waals surface area contributed by atoms with Gasteiger partial charge in [-0.15, -0.1) is 6.58 Å². The number of unbranched alkanes of at least 4 members (excludes halogenated alkanes) is 1. The molecule has 12 heavy (non-hydrogen) atoms. The van der Waals surface area contributed by atoms with Gasteiger partial charge < -0.3 is 0 Å². The summed E-state index contributed by atoms with van der Waals surface area (Å²) in [6.07, 6.45) is 9.24. The van der Waals surface area contributed by atoms with Gasteiger partial charge in [-0.3, -0.25) is 0 Å². The van der Waals surface area contributed by atoms with E-state index < -0.39 is 0 Å². The summed E-state index contributed by atoms with van der Waals surface area (Å²) in [6.45, 7) is 10.5. The molecule has 1 unspecified atom stereocenters. The van der Waals surface area contributed by atoms with E-state index in [-0.39, 0.29) is 0 Å². The van der Waals surface area contributed by atoms with Gasteiger partial charge in [-0.2, -0.15) is 0 Å². The first-order valence-corrected chi connectivity index (χ1v) is 4.99. The lowest BCUT2D eigenvalue weighted by atomic mass is 9.96. The zero-order valence-electron chi connectivity index (χ0n) is 8.77. The minimum atomic E-state index is 0.731. The Balaban J connectivity index is 3.73. The van der Waals surface area contributed by atoms with Crippen LogP contribution in [0.4, 0.5) is 0 Å². The summed E-state index contributed by atoms with van der Waals surface area (Å²) in [7, 11) is 0. The van der Waals surface area contributed by atoms with Gasteiger partial charge in [0.05, 0.1) is 0 Å². The smallest absolute Gasteiger partial charge is 0.0232 e. The number of rotatable bonds is 6. The van der Waals surface area contributed by atoms with E-state index in [0.29, 0.717) is 0 Å². The van der Waals surface area contributed by atoms with Gasteiger partial charge >= 0.3 is 0 Å². The molecule has 70 valence electrons. The van der Waals surface area contributed by atoms with E-state index in [1.54, 1.807) is 5.57 Å². The summed E-state index contributed by atoms with van der Waals surface area (Å²) in [6, 6.07) is 0. The van der Waals surface area contributed by atoms with Gasteiger partial charge in [-0.1, -0.05) is 38.0 Å². The molecule has 0 saturated carbocycles. The Morgan fingerprint density at radius 2 is 2.08 bits per heavy atom. The van der Waals surface area contributed by atoms with Crippen LogP contribution in [0.2, 0.25) is 0 Å². The molecule has 0 aliphatic heterocycles. The van der Waals surface area contributed by atoms with Gasteiger partial charge in [0.15, 0.2) is 0 Å². The Labute approximate surface area is 77.4 Å². The molecular weight excluding hydrogens is 144 g/mol. The molecule has 0 aliphatic rings. The molecular formula is C12H22. The lowest BCUT2D eigenvalue weighted by Gasteiger charge is -2.10. The maximum Gasteiger partial charge on any atom is -0.0232 e. The van der Waals surface area contributed by atoms with E-state index in [0.717, 1.165) is 12.3 Å². The largest absolute Gasteiger partial charge is 0.103 e. The van der Waals surface area contributed by atoms with Crippen LogP contribution in [0.25, 0.3) is 0 Å². The van der Waals surface area contributed by atoms with Gasteiger partial charge in [-0.05, 0) is 32.1 Å². The van der Waals surface area contributed by atoms with Crippen molar-refractivity contribution >= 4 is 0 Å². The van der Waals surface area contributed by atoms with E-state index >= 15 is 0 Å². The van der Waals surface area contributed by atoms with E-state index in [1.165, 1.54) is 19.3 Å². The molecule has 0 heteroatoms. The van der Waals surface area contributed by atoms with Crippen molar-refractivity contribution in [3.8, 4) is 0 Å². The van der Waals surface area contributed by atoms with Crippen LogP contribution >= 0.6 is 0 Å². The highest BCUT2D eigenvalue weighted by Gasteiger charge is 2.01. The van der Waals surface area contributed by atoms with Gasteiger partial charge in [-0.25, -0.2) is 0 Å². The minimum Gasteiger partial charge on any atom is -0.103 e. The fourth-order valence-corrected chi connectivity index (χ4v) is 1.17. The average Bonchev–Trinajstić information content (AvgIpc) is 2.10. The third-order valence-corrected chi connectivity index (χ3v) is 2.34. The zero-order valence-corrected chi connectivity index (χ0v) is 8.77. The van der Waals surface area contributed by atoms with E-state index in [9.17, 15) is 0 Å². The van der Waals surface area contributed by atoms with Crippen molar-refractivity contribution in [1.82, 2.24) is 0 Å². The molecule has 0 spiro atoms. The molecule has 1 atom stereocenters. The van der Waals surface area contributed by atoms with Gasteiger partial charge in [0.1, 0.15) is 0 Å². The van der Waals surface area contributed by atoms with Gasteiger partial charge in [0.2, 0.25) is 0 Å². The van der Waals surface area contributed by atoms with Crippen LogP contribution in [0, 0.1) is 5.92 Å². The third kappa shape index (κ3) is 5.17. The maximum atomic E-state index is 3.73. The summed E-state index contributed by atoms with van der Waals surface area (Å²) in [5, 5.41) is 0. The predicted molar refractivity (Wildman–Crippen MR) is 57.3 cm³/mol. The van der Waals surface area contributed by atoms with Crippen molar-refractivity contribution in [2.75, 3.05) is 0 Å².